The third-order valence-corrected chi connectivity index (χ3v) is 2.44. The van der Waals surface area contributed by atoms with Gasteiger partial charge in [-0.2, -0.15) is 13.2 Å². The van der Waals surface area contributed by atoms with Gasteiger partial charge < -0.3 is 0 Å². The quantitative estimate of drug-likeness (QED) is 0.720. The van der Waals surface area contributed by atoms with Gasteiger partial charge in [-0.3, -0.25) is 4.79 Å². The maximum Gasteiger partial charge on any atom is 0.417 e. The van der Waals surface area contributed by atoms with Crippen molar-refractivity contribution in [2.24, 2.45) is 0 Å². The molecule has 0 heterocycles. The van der Waals surface area contributed by atoms with Crippen molar-refractivity contribution in [3.8, 4) is 0 Å². The summed E-state index contributed by atoms with van der Waals surface area (Å²) in [5.74, 6) is -0.470. The summed E-state index contributed by atoms with van der Waals surface area (Å²) in [5.41, 5.74) is -0.814. The van der Waals surface area contributed by atoms with Crippen LogP contribution in [0.25, 0.3) is 0 Å². The number of halogens is 3. The van der Waals surface area contributed by atoms with Crippen LogP contribution in [-0.4, -0.2) is 5.78 Å². The first-order chi connectivity index (χ1) is 7.41. The Morgan fingerprint density at radius 2 is 1.88 bits per heavy atom. The monoisotopic (exact) mass is 230 g/mol. The molecule has 88 valence electrons. The van der Waals surface area contributed by atoms with E-state index in [0.717, 1.165) is 0 Å². The van der Waals surface area contributed by atoms with E-state index in [1.807, 2.05) is 0 Å². The molecule has 0 saturated heterocycles. The zero-order chi connectivity index (χ0) is 12.3. The number of hydrogen-bond donors (Lipinski definition) is 0. The minimum Gasteiger partial charge on any atom is -0.294 e. The molecule has 0 fully saturated rings. The lowest BCUT2D eigenvalue weighted by Gasteiger charge is -2.15. The highest BCUT2D eigenvalue weighted by Gasteiger charge is 2.36. The van der Waals surface area contributed by atoms with E-state index in [1.165, 1.54) is 18.2 Å². The number of carbonyl (C=O) groups is 1. The molecule has 1 rings (SSSR count). The van der Waals surface area contributed by atoms with Gasteiger partial charge in [0.1, 0.15) is 0 Å². The van der Waals surface area contributed by atoms with E-state index >= 15 is 0 Å². The molecule has 0 spiro atoms. The largest absolute Gasteiger partial charge is 0.417 e. The van der Waals surface area contributed by atoms with Gasteiger partial charge in [0, 0.05) is 12.0 Å². The van der Waals surface area contributed by atoms with Crippen molar-refractivity contribution >= 4 is 5.78 Å². The van der Waals surface area contributed by atoms with Crippen molar-refractivity contribution in [1.29, 1.82) is 0 Å². The minimum atomic E-state index is -4.47. The normalized spacial score (nSPS) is 11.6. The fourth-order valence-corrected chi connectivity index (χ4v) is 1.65. The average molecular weight is 230 g/mol. The smallest absolute Gasteiger partial charge is 0.294 e. The third-order valence-electron chi connectivity index (χ3n) is 2.44. The summed E-state index contributed by atoms with van der Waals surface area (Å²) < 4.78 is 38.5. The summed E-state index contributed by atoms with van der Waals surface area (Å²) in [6, 6.07) is 4.15. The lowest BCUT2D eigenvalue weighted by atomic mass is 9.95. The van der Waals surface area contributed by atoms with Gasteiger partial charge in [0.05, 0.1) is 5.56 Å². The van der Waals surface area contributed by atoms with Crippen molar-refractivity contribution < 1.29 is 18.0 Å². The Balaban J connectivity index is 3.44. The summed E-state index contributed by atoms with van der Waals surface area (Å²) in [5, 5.41) is 0. The van der Waals surface area contributed by atoms with Gasteiger partial charge in [-0.1, -0.05) is 32.0 Å². The lowest BCUT2D eigenvalue weighted by Crippen LogP contribution is -2.15. The fraction of sp³-hybridized carbons (Fsp3) is 0.417. The molecular weight excluding hydrogens is 217 g/mol. The molecule has 1 nitrogen and oxygen atoms in total. The third kappa shape index (κ3) is 2.43. The van der Waals surface area contributed by atoms with Gasteiger partial charge in [0.25, 0.3) is 0 Å². The van der Waals surface area contributed by atoms with Crippen LogP contribution in [0.5, 0.6) is 0 Å². The van der Waals surface area contributed by atoms with Gasteiger partial charge >= 0.3 is 6.18 Å². The molecule has 1 aromatic carbocycles. The molecule has 0 saturated carbocycles. The second kappa shape index (κ2) is 4.68. The predicted molar refractivity (Wildman–Crippen MR) is 55.4 cm³/mol. The summed E-state index contributed by atoms with van der Waals surface area (Å²) in [4.78, 5) is 11.4. The van der Waals surface area contributed by atoms with E-state index in [9.17, 15) is 18.0 Å². The van der Waals surface area contributed by atoms with Gasteiger partial charge in [-0.15, -0.1) is 0 Å². The Labute approximate surface area is 92.3 Å². The van der Waals surface area contributed by atoms with Crippen LogP contribution in [-0.2, 0) is 12.6 Å². The second-order valence-electron chi connectivity index (χ2n) is 3.47. The van der Waals surface area contributed by atoms with Crippen LogP contribution in [0.4, 0.5) is 13.2 Å². The second-order valence-corrected chi connectivity index (χ2v) is 3.47. The molecule has 0 radical (unpaired) electrons. The number of hydrogen-bond acceptors (Lipinski definition) is 1. The molecule has 4 heteroatoms. The van der Waals surface area contributed by atoms with Crippen LogP contribution >= 0.6 is 0 Å². The van der Waals surface area contributed by atoms with Crippen molar-refractivity contribution in [2.45, 2.75) is 32.9 Å². The van der Waals surface area contributed by atoms with Crippen molar-refractivity contribution in [2.75, 3.05) is 0 Å². The molecule has 0 aliphatic heterocycles. The number of ketones is 1. The Kier molecular flexibility index (Phi) is 3.73. The topological polar surface area (TPSA) is 17.1 Å². The molecule has 0 aliphatic rings. The lowest BCUT2D eigenvalue weighted by molar-refractivity contribution is -0.138. The first kappa shape index (κ1) is 12.7. The highest BCUT2D eigenvalue weighted by atomic mass is 19.4. The molecule has 0 N–H and O–H groups in total. The molecule has 0 unspecified atom stereocenters. The average Bonchev–Trinajstić information content (AvgIpc) is 2.25. The number of aryl methyl sites for hydroxylation is 1. The first-order valence-electron chi connectivity index (χ1n) is 5.14. The number of carbonyl (C=O) groups excluding carboxylic acids is 1. The summed E-state index contributed by atoms with van der Waals surface area (Å²) in [7, 11) is 0. The van der Waals surface area contributed by atoms with E-state index in [4.69, 9.17) is 0 Å². The van der Waals surface area contributed by atoms with Gasteiger partial charge in [0.2, 0.25) is 0 Å². The summed E-state index contributed by atoms with van der Waals surface area (Å²) >= 11 is 0. The first-order valence-corrected chi connectivity index (χ1v) is 5.14. The van der Waals surface area contributed by atoms with Crippen molar-refractivity contribution in [3.05, 3.63) is 34.9 Å². The number of Topliss-reactive ketones (excluding diaryl/α,β-unsaturated/α-hetero) is 1. The van der Waals surface area contributed by atoms with Crippen LogP contribution in [0.1, 0.15) is 41.8 Å². The van der Waals surface area contributed by atoms with Crippen molar-refractivity contribution in [3.63, 3.8) is 0 Å². The summed E-state index contributed by atoms with van der Waals surface area (Å²) in [6.45, 7) is 3.20. The van der Waals surface area contributed by atoms with Crippen LogP contribution in [0.15, 0.2) is 18.2 Å². The van der Waals surface area contributed by atoms with E-state index in [0.29, 0.717) is 0 Å². The van der Waals surface area contributed by atoms with E-state index in [2.05, 4.69) is 0 Å². The summed E-state index contributed by atoms with van der Waals surface area (Å²) in [6.07, 6.45) is -4.12. The highest BCUT2D eigenvalue weighted by molar-refractivity contribution is 5.97. The van der Waals surface area contributed by atoms with Gasteiger partial charge in [-0.05, 0) is 12.0 Å². The Bertz CT molecular complexity index is 394. The zero-order valence-corrected chi connectivity index (χ0v) is 9.19. The van der Waals surface area contributed by atoms with E-state index < -0.39 is 17.5 Å². The Morgan fingerprint density at radius 3 is 2.31 bits per heavy atom. The zero-order valence-electron chi connectivity index (χ0n) is 9.19. The van der Waals surface area contributed by atoms with Crippen LogP contribution in [0, 0.1) is 0 Å². The van der Waals surface area contributed by atoms with Gasteiger partial charge in [-0.25, -0.2) is 0 Å². The molecule has 0 aromatic heterocycles. The molecular formula is C12H13F3O. The number of benzene rings is 1. The van der Waals surface area contributed by atoms with E-state index in [-0.39, 0.29) is 24.0 Å². The molecule has 1 aromatic rings. The number of rotatable bonds is 3. The molecule has 0 amide bonds. The van der Waals surface area contributed by atoms with Gasteiger partial charge in [0.15, 0.2) is 5.78 Å². The Hall–Kier alpha value is -1.32. The fourth-order valence-electron chi connectivity index (χ4n) is 1.65. The highest BCUT2D eigenvalue weighted by Crippen LogP contribution is 2.35. The molecule has 0 bridgehead atoms. The van der Waals surface area contributed by atoms with Crippen LogP contribution < -0.4 is 0 Å². The maximum absolute atomic E-state index is 12.8. The predicted octanol–water partition coefficient (Wildman–Crippen LogP) is 3.86. The van der Waals surface area contributed by atoms with E-state index in [1.54, 1.807) is 13.8 Å². The Morgan fingerprint density at radius 1 is 1.25 bits per heavy atom. The van der Waals surface area contributed by atoms with Crippen LogP contribution in [0.3, 0.4) is 0 Å². The van der Waals surface area contributed by atoms with Crippen molar-refractivity contribution in [1.82, 2.24) is 0 Å². The SMILES string of the molecule is CCC(=O)c1cccc(CC)c1C(F)(F)F. The standard InChI is InChI=1S/C12H13F3O/c1-3-8-6-5-7-9(10(16)4-2)11(8)12(13,14)15/h5-7H,3-4H2,1-2H3. The molecule has 0 aliphatic carbocycles. The molecule has 0 atom stereocenters. The molecule has 16 heavy (non-hydrogen) atoms. The maximum atomic E-state index is 12.8. The van der Waals surface area contributed by atoms with Crippen LogP contribution in [0.2, 0.25) is 0 Å². The minimum absolute atomic E-state index is 0.0796. The number of alkyl halides is 3.